The summed E-state index contributed by atoms with van der Waals surface area (Å²) in [7, 11) is 2.08. The Morgan fingerprint density at radius 3 is 2.64 bits per heavy atom. The van der Waals surface area contributed by atoms with Gasteiger partial charge in [-0.2, -0.15) is 0 Å². The maximum atomic E-state index is 5.44. The van der Waals surface area contributed by atoms with Crippen LogP contribution in [-0.4, -0.2) is 41.3 Å². The molecule has 1 aliphatic rings. The highest BCUT2D eigenvalue weighted by atomic mass is 16.4. The Labute approximate surface area is 83.5 Å². The zero-order chi connectivity index (χ0) is 9.97. The minimum absolute atomic E-state index is 0.618. The Bertz CT molecular complexity index is 295. The van der Waals surface area contributed by atoms with Crippen molar-refractivity contribution >= 4 is 0 Å². The SMILES string of the molecule is CCc1nnc(CN(C)C2CNC2)o1. The van der Waals surface area contributed by atoms with Crippen LogP contribution in [0.4, 0.5) is 0 Å². The van der Waals surface area contributed by atoms with E-state index in [1.54, 1.807) is 0 Å². The van der Waals surface area contributed by atoms with Crippen LogP contribution >= 0.6 is 0 Å². The molecule has 1 aromatic rings. The summed E-state index contributed by atoms with van der Waals surface area (Å²) in [5, 5.41) is 11.2. The van der Waals surface area contributed by atoms with Gasteiger partial charge in [0.15, 0.2) is 0 Å². The Hall–Kier alpha value is -0.940. The number of aromatic nitrogens is 2. The maximum absolute atomic E-state index is 5.44. The molecule has 0 amide bonds. The lowest BCUT2D eigenvalue weighted by molar-refractivity contribution is 0.159. The molecule has 2 rings (SSSR count). The molecule has 0 radical (unpaired) electrons. The monoisotopic (exact) mass is 196 g/mol. The van der Waals surface area contributed by atoms with E-state index >= 15 is 0 Å². The van der Waals surface area contributed by atoms with Gasteiger partial charge in [0, 0.05) is 25.6 Å². The van der Waals surface area contributed by atoms with Gasteiger partial charge < -0.3 is 9.73 Å². The largest absolute Gasteiger partial charge is 0.424 e. The topological polar surface area (TPSA) is 54.2 Å². The second-order valence-electron chi connectivity index (χ2n) is 3.67. The highest BCUT2D eigenvalue weighted by Crippen LogP contribution is 2.08. The average Bonchev–Trinajstić information content (AvgIpc) is 2.48. The summed E-state index contributed by atoms with van der Waals surface area (Å²) in [4.78, 5) is 2.24. The normalized spacial score (nSPS) is 17.4. The summed E-state index contributed by atoms with van der Waals surface area (Å²) in [5.41, 5.74) is 0. The first-order valence-electron chi connectivity index (χ1n) is 5.01. The van der Waals surface area contributed by atoms with Crippen LogP contribution in [0.25, 0.3) is 0 Å². The molecule has 5 heteroatoms. The Kier molecular flexibility index (Phi) is 2.79. The molecule has 1 saturated heterocycles. The van der Waals surface area contributed by atoms with Crippen LogP contribution in [0, 0.1) is 0 Å². The van der Waals surface area contributed by atoms with E-state index in [2.05, 4.69) is 27.5 Å². The third-order valence-electron chi connectivity index (χ3n) is 2.58. The number of hydrogen-bond acceptors (Lipinski definition) is 5. The summed E-state index contributed by atoms with van der Waals surface area (Å²) >= 11 is 0. The summed E-state index contributed by atoms with van der Waals surface area (Å²) in [6.45, 7) is 4.88. The lowest BCUT2D eigenvalue weighted by Crippen LogP contribution is -2.55. The first-order valence-corrected chi connectivity index (χ1v) is 5.01. The van der Waals surface area contributed by atoms with Gasteiger partial charge in [0.25, 0.3) is 0 Å². The number of rotatable bonds is 4. The van der Waals surface area contributed by atoms with E-state index in [0.717, 1.165) is 37.8 Å². The van der Waals surface area contributed by atoms with Crippen LogP contribution in [0.1, 0.15) is 18.7 Å². The van der Waals surface area contributed by atoms with Crippen LogP contribution in [0.15, 0.2) is 4.42 Å². The third-order valence-corrected chi connectivity index (χ3v) is 2.58. The van der Waals surface area contributed by atoms with Crippen molar-refractivity contribution in [3.05, 3.63) is 11.8 Å². The molecule has 5 nitrogen and oxygen atoms in total. The van der Waals surface area contributed by atoms with Gasteiger partial charge in [-0.15, -0.1) is 10.2 Å². The van der Waals surface area contributed by atoms with Gasteiger partial charge in [-0.1, -0.05) is 6.92 Å². The van der Waals surface area contributed by atoms with Crippen molar-refractivity contribution < 1.29 is 4.42 Å². The molecule has 2 heterocycles. The molecule has 0 aromatic carbocycles. The molecule has 1 aromatic heterocycles. The van der Waals surface area contributed by atoms with Gasteiger partial charge >= 0.3 is 0 Å². The summed E-state index contributed by atoms with van der Waals surface area (Å²) in [6, 6.07) is 0.618. The highest BCUT2D eigenvalue weighted by Gasteiger charge is 2.22. The van der Waals surface area contributed by atoms with E-state index in [-0.39, 0.29) is 0 Å². The second kappa shape index (κ2) is 4.06. The maximum Gasteiger partial charge on any atom is 0.230 e. The average molecular weight is 196 g/mol. The number of likely N-dealkylation sites (N-methyl/N-ethyl adjacent to an activating group) is 1. The smallest absolute Gasteiger partial charge is 0.230 e. The van der Waals surface area contributed by atoms with Gasteiger partial charge in [0.05, 0.1) is 6.54 Å². The van der Waals surface area contributed by atoms with Crippen molar-refractivity contribution in [3.63, 3.8) is 0 Å². The molecule has 78 valence electrons. The first kappa shape index (κ1) is 9.61. The number of hydrogen-bond donors (Lipinski definition) is 1. The van der Waals surface area contributed by atoms with Crippen LogP contribution in [0.3, 0.4) is 0 Å². The number of nitrogens with zero attached hydrogens (tertiary/aromatic N) is 3. The van der Waals surface area contributed by atoms with E-state index in [4.69, 9.17) is 4.42 Å². The lowest BCUT2D eigenvalue weighted by atomic mass is 10.1. The zero-order valence-corrected chi connectivity index (χ0v) is 8.66. The Balaban J connectivity index is 1.89. The van der Waals surface area contributed by atoms with Crippen LogP contribution < -0.4 is 5.32 Å². The zero-order valence-electron chi connectivity index (χ0n) is 8.66. The van der Waals surface area contributed by atoms with Gasteiger partial charge in [-0.3, -0.25) is 4.90 Å². The van der Waals surface area contributed by atoms with E-state index in [9.17, 15) is 0 Å². The minimum Gasteiger partial charge on any atom is -0.424 e. The Morgan fingerprint density at radius 2 is 2.14 bits per heavy atom. The fourth-order valence-corrected chi connectivity index (χ4v) is 1.42. The molecule has 1 N–H and O–H groups in total. The molecular formula is C9H16N4O. The second-order valence-corrected chi connectivity index (χ2v) is 3.67. The Morgan fingerprint density at radius 1 is 1.43 bits per heavy atom. The first-order chi connectivity index (χ1) is 6.79. The fraction of sp³-hybridized carbons (Fsp3) is 0.778. The van der Waals surface area contributed by atoms with Gasteiger partial charge in [-0.25, -0.2) is 0 Å². The van der Waals surface area contributed by atoms with E-state index in [1.165, 1.54) is 0 Å². The van der Waals surface area contributed by atoms with Crippen molar-refractivity contribution in [2.24, 2.45) is 0 Å². The predicted molar refractivity (Wildman–Crippen MR) is 51.8 cm³/mol. The molecule has 0 atom stereocenters. The van der Waals surface area contributed by atoms with Crippen LogP contribution in [0.2, 0.25) is 0 Å². The molecule has 0 aliphatic carbocycles. The highest BCUT2D eigenvalue weighted by molar-refractivity contribution is 4.87. The molecule has 0 saturated carbocycles. The van der Waals surface area contributed by atoms with Crippen molar-refractivity contribution in [3.8, 4) is 0 Å². The summed E-state index contributed by atoms with van der Waals surface area (Å²) in [6.07, 6.45) is 0.807. The van der Waals surface area contributed by atoms with Crippen molar-refractivity contribution in [2.45, 2.75) is 25.9 Å². The van der Waals surface area contributed by atoms with E-state index in [0.29, 0.717) is 6.04 Å². The van der Waals surface area contributed by atoms with Crippen molar-refractivity contribution in [2.75, 3.05) is 20.1 Å². The fourth-order valence-electron chi connectivity index (χ4n) is 1.42. The molecule has 1 fully saturated rings. The molecule has 0 unspecified atom stereocenters. The van der Waals surface area contributed by atoms with Crippen molar-refractivity contribution in [1.29, 1.82) is 0 Å². The van der Waals surface area contributed by atoms with Gasteiger partial charge in [0.2, 0.25) is 11.8 Å². The van der Waals surface area contributed by atoms with Crippen molar-refractivity contribution in [1.82, 2.24) is 20.4 Å². The molecule has 14 heavy (non-hydrogen) atoms. The van der Waals surface area contributed by atoms with Crippen LogP contribution in [-0.2, 0) is 13.0 Å². The molecule has 1 aliphatic heterocycles. The number of aryl methyl sites for hydroxylation is 1. The summed E-state index contributed by atoms with van der Waals surface area (Å²) < 4.78 is 5.44. The predicted octanol–water partition coefficient (Wildman–Crippen LogP) is 0.0356. The lowest BCUT2D eigenvalue weighted by Gasteiger charge is -2.34. The molecular weight excluding hydrogens is 180 g/mol. The standard InChI is InChI=1S/C9H16N4O/c1-3-8-11-12-9(14-8)6-13(2)7-4-10-5-7/h7,10H,3-6H2,1-2H3. The van der Waals surface area contributed by atoms with Gasteiger partial charge in [0.1, 0.15) is 0 Å². The quantitative estimate of drug-likeness (QED) is 0.736. The van der Waals surface area contributed by atoms with Gasteiger partial charge in [-0.05, 0) is 7.05 Å². The van der Waals surface area contributed by atoms with E-state index in [1.807, 2.05) is 6.92 Å². The minimum atomic E-state index is 0.618. The molecule has 0 spiro atoms. The molecule has 0 bridgehead atoms. The van der Waals surface area contributed by atoms with E-state index < -0.39 is 0 Å². The number of nitrogens with one attached hydrogen (secondary N) is 1. The third kappa shape index (κ3) is 1.93. The van der Waals surface area contributed by atoms with Crippen LogP contribution in [0.5, 0.6) is 0 Å². The summed E-state index contributed by atoms with van der Waals surface area (Å²) in [5.74, 6) is 1.44.